The summed E-state index contributed by atoms with van der Waals surface area (Å²) >= 11 is 0. The molecule has 0 aromatic heterocycles. The number of hydrogen-bond donors (Lipinski definition) is 1. The predicted octanol–water partition coefficient (Wildman–Crippen LogP) is 4.31. The molecule has 3 rings (SSSR count). The molecule has 142 valence electrons. The van der Waals surface area contributed by atoms with Gasteiger partial charge in [-0.05, 0) is 31.1 Å². The molecule has 0 saturated heterocycles. The molecule has 2 aromatic rings. The van der Waals surface area contributed by atoms with Crippen molar-refractivity contribution >= 4 is 20.9 Å². The van der Waals surface area contributed by atoms with Gasteiger partial charge in [-0.1, -0.05) is 55.1 Å². The second-order valence-electron chi connectivity index (χ2n) is 6.54. The number of allylic oxidation sites excluding steroid dienone is 3. The molecule has 0 fully saturated rings. The van der Waals surface area contributed by atoms with Crippen molar-refractivity contribution in [1.29, 1.82) is 0 Å². The van der Waals surface area contributed by atoms with Crippen LogP contribution in [0.25, 0.3) is 10.8 Å². The van der Waals surface area contributed by atoms with Crippen molar-refractivity contribution in [2.75, 3.05) is 13.2 Å². The fourth-order valence-corrected chi connectivity index (χ4v) is 3.70. The number of ether oxygens (including phenoxy) is 2. The molecule has 1 aliphatic carbocycles. The van der Waals surface area contributed by atoms with Crippen LogP contribution in [0.5, 0.6) is 5.75 Å². The Morgan fingerprint density at radius 1 is 1.19 bits per heavy atom. The van der Waals surface area contributed by atoms with Gasteiger partial charge in [0.15, 0.2) is 0 Å². The van der Waals surface area contributed by atoms with Crippen LogP contribution in [-0.4, -0.2) is 31.8 Å². The van der Waals surface area contributed by atoms with Crippen molar-refractivity contribution in [2.45, 2.75) is 23.8 Å². The largest absolute Gasteiger partial charge is 0.491 e. The highest BCUT2D eigenvalue weighted by atomic mass is 32.2. The number of rotatable bonds is 7. The highest BCUT2D eigenvalue weighted by Gasteiger charge is 2.23. The molecule has 6 heteroatoms. The van der Waals surface area contributed by atoms with E-state index in [1.165, 1.54) is 6.07 Å². The molecule has 0 radical (unpaired) electrons. The van der Waals surface area contributed by atoms with Crippen molar-refractivity contribution in [2.24, 2.45) is 0 Å². The third-order valence-electron chi connectivity index (χ3n) is 4.50. The molecule has 1 unspecified atom stereocenters. The van der Waals surface area contributed by atoms with Crippen LogP contribution < -0.4 is 4.74 Å². The van der Waals surface area contributed by atoms with E-state index in [2.05, 4.69) is 12.7 Å². The average molecular weight is 386 g/mol. The van der Waals surface area contributed by atoms with E-state index in [0.717, 1.165) is 12.0 Å². The van der Waals surface area contributed by atoms with Gasteiger partial charge in [0.1, 0.15) is 17.3 Å². The van der Waals surface area contributed by atoms with Crippen LogP contribution in [0.1, 0.15) is 13.3 Å². The second kappa shape index (κ2) is 7.68. The van der Waals surface area contributed by atoms with Crippen molar-refractivity contribution in [1.82, 2.24) is 0 Å². The lowest BCUT2D eigenvalue weighted by Gasteiger charge is -2.28. The zero-order valence-electron chi connectivity index (χ0n) is 15.1. The smallest absolute Gasteiger partial charge is 0.295 e. The summed E-state index contributed by atoms with van der Waals surface area (Å²) in [5, 5.41) is 1.04. The molecule has 0 spiro atoms. The first kappa shape index (κ1) is 19.4. The molecule has 1 N–H and O–H groups in total. The summed E-state index contributed by atoms with van der Waals surface area (Å²) in [5.74, 6) is 0.541. The molecule has 0 bridgehead atoms. The van der Waals surface area contributed by atoms with Crippen LogP contribution in [0, 0.1) is 0 Å². The van der Waals surface area contributed by atoms with Gasteiger partial charge in [0.25, 0.3) is 10.1 Å². The lowest BCUT2D eigenvalue weighted by molar-refractivity contribution is -0.00733. The van der Waals surface area contributed by atoms with Gasteiger partial charge in [-0.2, -0.15) is 8.42 Å². The Bertz CT molecular complexity index is 1020. The molecule has 0 saturated carbocycles. The van der Waals surface area contributed by atoms with Gasteiger partial charge in [-0.25, -0.2) is 0 Å². The maximum absolute atomic E-state index is 11.6. The highest BCUT2D eigenvalue weighted by molar-refractivity contribution is 7.86. The fourth-order valence-electron chi connectivity index (χ4n) is 3.01. The Morgan fingerprint density at radius 2 is 1.93 bits per heavy atom. The average Bonchev–Trinajstić information content (AvgIpc) is 2.65. The van der Waals surface area contributed by atoms with E-state index in [1.54, 1.807) is 36.4 Å². The molecule has 1 atom stereocenters. The summed E-state index contributed by atoms with van der Waals surface area (Å²) in [6, 6.07) is 9.79. The first-order valence-corrected chi connectivity index (χ1v) is 10.0. The van der Waals surface area contributed by atoms with Gasteiger partial charge in [0.2, 0.25) is 0 Å². The minimum absolute atomic E-state index is 0.133. The standard InChI is InChI=1S/C21H22O5S/c1-3-16-10-12-21(2,13-11-16)26-15-14-25-19-8-9-20(27(22,23)24)18-7-5-4-6-17(18)19/h3-12H,1,13-15H2,2H3,(H,22,23,24). The monoisotopic (exact) mass is 386 g/mol. The topological polar surface area (TPSA) is 72.8 Å². The predicted molar refractivity (Wildman–Crippen MR) is 106 cm³/mol. The molecule has 1 aliphatic rings. The number of fused-ring (bicyclic) bond motifs is 1. The van der Waals surface area contributed by atoms with E-state index in [9.17, 15) is 13.0 Å². The summed E-state index contributed by atoms with van der Waals surface area (Å²) in [6.45, 7) is 6.46. The van der Waals surface area contributed by atoms with Crippen LogP contribution in [0.4, 0.5) is 0 Å². The molecule has 2 aromatic carbocycles. The van der Waals surface area contributed by atoms with Gasteiger partial charge >= 0.3 is 0 Å². The third kappa shape index (κ3) is 4.47. The molecular weight excluding hydrogens is 364 g/mol. The second-order valence-corrected chi connectivity index (χ2v) is 7.93. The molecule has 27 heavy (non-hydrogen) atoms. The summed E-state index contributed by atoms with van der Waals surface area (Å²) < 4.78 is 44.3. The van der Waals surface area contributed by atoms with Gasteiger partial charge in [0, 0.05) is 10.8 Å². The molecule has 0 aliphatic heterocycles. The molecular formula is C21H22O5S. The van der Waals surface area contributed by atoms with Crippen LogP contribution >= 0.6 is 0 Å². The Kier molecular flexibility index (Phi) is 5.51. The van der Waals surface area contributed by atoms with Crippen molar-refractivity contribution < 1.29 is 22.4 Å². The summed E-state index contributed by atoms with van der Waals surface area (Å²) in [4.78, 5) is -0.133. The van der Waals surface area contributed by atoms with Crippen molar-refractivity contribution in [3.63, 3.8) is 0 Å². The van der Waals surface area contributed by atoms with E-state index in [0.29, 0.717) is 29.7 Å². The van der Waals surface area contributed by atoms with E-state index in [4.69, 9.17) is 9.47 Å². The van der Waals surface area contributed by atoms with E-state index < -0.39 is 10.1 Å². The van der Waals surface area contributed by atoms with E-state index >= 15 is 0 Å². The van der Waals surface area contributed by atoms with Gasteiger partial charge in [-0.3, -0.25) is 4.55 Å². The maximum Gasteiger partial charge on any atom is 0.295 e. The molecule has 0 heterocycles. The normalized spacial score (nSPS) is 19.7. The van der Waals surface area contributed by atoms with Crippen LogP contribution in [-0.2, 0) is 14.9 Å². The Hall–Kier alpha value is -2.41. The quantitative estimate of drug-likeness (QED) is 0.567. The first-order chi connectivity index (χ1) is 12.8. The zero-order valence-corrected chi connectivity index (χ0v) is 15.9. The van der Waals surface area contributed by atoms with Crippen LogP contribution in [0.15, 0.2) is 77.7 Å². The number of benzene rings is 2. The summed E-state index contributed by atoms with van der Waals surface area (Å²) in [7, 11) is -4.30. The van der Waals surface area contributed by atoms with Gasteiger partial charge in [0.05, 0.1) is 12.2 Å². The zero-order chi connectivity index (χ0) is 19.5. The summed E-state index contributed by atoms with van der Waals surface area (Å²) in [6.07, 6.45) is 8.64. The Labute approximate surface area is 159 Å². The lowest BCUT2D eigenvalue weighted by Crippen LogP contribution is -2.29. The third-order valence-corrected chi connectivity index (χ3v) is 5.41. The fraction of sp³-hybridized carbons (Fsp3) is 0.238. The molecule has 5 nitrogen and oxygen atoms in total. The minimum Gasteiger partial charge on any atom is -0.491 e. The van der Waals surface area contributed by atoms with Crippen LogP contribution in [0.2, 0.25) is 0 Å². The first-order valence-electron chi connectivity index (χ1n) is 8.60. The Morgan fingerprint density at radius 3 is 2.56 bits per heavy atom. The maximum atomic E-state index is 11.6. The van der Waals surface area contributed by atoms with Gasteiger partial charge < -0.3 is 9.47 Å². The summed E-state index contributed by atoms with van der Waals surface area (Å²) in [5.41, 5.74) is 0.699. The lowest BCUT2D eigenvalue weighted by atomic mass is 9.94. The van der Waals surface area contributed by atoms with E-state index in [-0.39, 0.29) is 10.5 Å². The highest BCUT2D eigenvalue weighted by Crippen LogP contribution is 2.31. The Balaban J connectivity index is 1.67. The van der Waals surface area contributed by atoms with Crippen molar-refractivity contribution in [3.05, 3.63) is 72.9 Å². The SMILES string of the molecule is C=CC1=CCC(C)(OCCOc2ccc(S(=O)(=O)O)c3ccccc23)C=C1. The van der Waals surface area contributed by atoms with Crippen molar-refractivity contribution in [3.8, 4) is 5.75 Å². The minimum atomic E-state index is -4.30. The van der Waals surface area contributed by atoms with E-state index in [1.807, 2.05) is 19.1 Å². The number of hydrogen-bond acceptors (Lipinski definition) is 4. The van der Waals surface area contributed by atoms with Gasteiger partial charge in [-0.15, -0.1) is 0 Å². The van der Waals surface area contributed by atoms with Crippen LogP contribution in [0.3, 0.4) is 0 Å². The molecule has 0 amide bonds.